The molecule has 2 aromatic carbocycles. The van der Waals surface area contributed by atoms with Crippen molar-refractivity contribution >= 4 is 5.91 Å². The fraction of sp³-hybridized carbons (Fsp3) is 0.273. The number of hydrogen-bond donors (Lipinski definition) is 0. The highest BCUT2D eigenvalue weighted by Gasteiger charge is 2.32. The molecule has 1 aromatic heterocycles. The molecule has 0 N–H and O–H groups in total. The van der Waals surface area contributed by atoms with Gasteiger partial charge in [0, 0.05) is 18.2 Å². The quantitative estimate of drug-likeness (QED) is 0.680. The van der Waals surface area contributed by atoms with Crippen LogP contribution in [0.25, 0.3) is 11.3 Å². The monoisotopic (exact) mass is 376 g/mol. The van der Waals surface area contributed by atoms with E-state index in [1.165, 1.54) is 11.1 Å². The Morgan fingerprint density at radius 2 is 2.00 bits per heavy atom. The van der Waals surface area contributed by atoms with E-state index in [-0.39, 0.29) is 18.7 Å². The Balaban J connectivity index is 1.40. The standard InChI is InChI=1S/C22H20N2O4/c1-14-4-2-5-15(10-14)18-6-3-9-24(18)22(25)17-12-20(28-23-17)16-7-8-19-21(11-16)27-13-26-19/h2,4-5,7-8,10-12,18H,3,6,9,13H2,1H3/t18-/m1/s1. The van der Waals surface area contributed by atoms with E-state index in [2.05, 4.69) is 30.3 Å². The van der Waals surface area contributed by atoms with Crippen molar-refractivity contribution in [2.75, 3.05) is 13.3 Å². The second-order valence-corrected chi connectivity index (χ2v) is 7.22. The number of carbonyl (C=O) groups excluding carboxylic acids is 1. The highest BCUT2D eigenvalue weighted by atomic mass is 16.7. The van der Waals surface area contributed by atoms with Gasteiger partial charge in [-0.2, -0.15) is 0 Å². The smallest absolute Gasteiger partial charge is 0.276 e. The van der Waals surface area contributed by atoms with Crippen LogP contribution >= 0.6 is 0 Å². The summed E-state index contributed by atoms with van der Waals surface area (Å²) in [7, 11) is 0. The summed E-state index contributed by atoms with van der Waals surface area (Å²) in [4.78, 5) is 15.0. The van der Waals surface area contributed by atoms with Crippen molar-refractivity contribution in [3.8, 4) is 22.8 Å². The summed E-state index contributed by atoms with van der Waals surface area (Å²) >= 11 is 0. The van der Waals surface area contributed by atoms with Crippen LogP contribution < -0.4 is 9.47 Å². The largest absolute Gasteiger partial charge is 0.454 e. The third-order valence-corrected chi connectivity index (χ3v) is 5.33. The van der Waals surface area contributed by atoms with Crippen LogP contribution in [0.3, 0.4) is 0 Å². The third-order valence-electron chi connectivity index (χ3n) is 5.33. The molecule has 0 aliphatic carbocycles. The molecule has 1 atom stereocenters. The van der Waals surface area contributed by atoms with Crippen molar-refractivity contribution in [2.24, 2.45) is 0 Å². The molecule has 3 heterocycles. The number of likely N-dealkylation sites (tertiary alicyclic amines) is 1. The predicted molar refractivity (Wildman–Crippen MR) is 102 cm³/mol. The first-order valence-corrected chi connectivity index (χ1v) is 9.43. The molecular weight excluding hydrogens is 356 g/mol. The Hall–Kier alpha value is -3.28. The van der Waals surface area contributed by atoms with Gasteiger partial charge in [-0.25, -0.2) is 0 Å². The molecule has 6 nitrogen and oxygen atoms in total. The Morgan fingerprint density at radius 3 is 2.89 bits per heavy atom. The molecule has 5 rings (SSSR count). The minimum Gasteiger partial charge on any atom is -0.454 e. The molecule has 1 fully saturated rings. The molecule has 0 radical (unpaired) electrons. The van der Waals surface area contributed by atoms with Gasteiger partial charge in [-0.3, -0.25) is 4.79 Å². The number of hydrogen-bond acceptors (Lipinski definition) is 5. The van der Waals surface area contributed by atoms with E-state index in [4.69, 9.17) is 14.0 Å². The fourth-order valence-electron chi connectivity index (χ4n) is 3.94. The number of benzene rings is 2. The molecule has 0 bridgehead atoms. The summed E-state index contributed by atoms with van der Waals surface area (Å²) in [5.41, 5.74) is 3.49. The van der Waals surface area contributed by atoms with Crippen LogP contribution in [0.1, 0.15) is 40.5 Å². The molecule has 6 heteroatoms. The van der Waals surface area contributed by atoms with Crippen LogP contribution in [0.15, 0.2) is 53.1 Å². The maximum atomic E-state index is 13.1. The van der Waals surface area contributed by atoms with Crippen LogP contribution in [-0.2, 0) is 0 Å². The van der Waals surface area contributed by atoms with Gasteiger partial charge in [0.15, 0.2) is 23.0 Å². The van der Waals surface area contributed by atoms with E-state index in [0.717, 1.165) is 24.9 Å². The minimum atomic E-state index is -0.0975. The zero-order valence-corrected chi connectivity index (χ0v) is 15.6. The summed E-state index contributed by atoms with van der Waals surface area (Å²) in [5.74, 6) is 1.81. The Bertz CT molecular complexity index is 1040. The van der Waals surface area contributed by atoms with Gasteiger partial charge in [0.2, 0.25) is 6.79 Å². The number of aryl methyl sites for hydroxylation is 1. The van der Waals surface area contributed by atoms with Crippen LogP contribution in [0, 0.1) is 6.92 Å². The number of fused-ring (bicyclic) bond motifs is 1. The highest BCUT2D eigenvalue weighted by Crippen LogP contribution is 2.37. The van der Waals surface area contributed by atoms with Gasteiger partial charge in [0.05, 0.1) is 6.04 Å². The van der Waals surface area contributed by atoms with Gasteiger partial charge in [-0.05, 0) is 43.5 Å². The van der Waals surface area contributed by atoms with Crippen LogP contribution in [0.2, 0.25) is 0 Å². The van der Waals surface area contributed by atoms with Gasteiger partial charge in [0.1, 0.15) is 0 Å². The lowest BCUT2D eigenvalue weighted by molar-refractivity contribution is 0.0725. The number of rotatable bonds is 3. The van der Waals surface area contributed by atoms with Gasteiger partial charge in [-0.1, -0.05) is 35.0 Å². The van der Waals surface area contributed by atoms with E-state index in [0.29, 0.717) is 23.0 Å². The SMILES string of the molecule is Cc1cccc([C@H]2CCCN2C(=O)c2cc(-c3ccc4c(c3)OCO4)on2)c1. The molecule has 2 aliphatic rings. The van der Waals surface area contributed by atoms with Crippen molar-refractivity contribution in [1.29, 1.82) is 0 Å². The molecule has 142 valence electrons. The minimum absolute atomic E-state index is 0.0816. The van der Waals surface area contributed by atoms with Gasteiger partial charge in [0.25, 0.3) is 5.91 Å². The zero-order valence-electron chi connectivity index (χ0n) is 15.6. The molecule has 0 unspecified atom stereocenters. The van der Waals surface area contributed by atoms with Gasteiger partial charge >= 0.3 is 0 Å². The predicted octanol–water partition coefficient (Wildman–Crippen LogP) is 4.36. The lowest BCUT2D eigenvalue weighted by atomic mass is 10.0. The second-order valence-electron chi connectivity index (χ2n) is 7.22. The third kappa shape index (κ3) is 2.91. The lowest BCUT2D eigenvalue weighted by Crippen LogP contribution is -2.30. The summed E-state index contributed by atoms with van der Waals surface area (Å²) in [6.45, 7) is 3.01. The maximum absolute atomic E-state index is 13.1. The Morgan fingerprint density at radius 1 is 1.11 bits per heavy atom. The molecule has 0 spiro atoms. The number of amides is 1. The first-order chi connectivity index (χ1) is 13.7. The number of nitrogens with zero attached hydrogens (tertiary/aromatic N) is 2. The molecule has 2 aliphatic heterocycles. The summed E-state index contributed by atoms with van der Waals surface area (Å²) < 4.78 is 16.2. The van der Waals surface area contributed by atoms with Crippen molar-refractivity contribution in [3.05, 3.63) is 65.4 Å². The average molecular weight is 376 g/mol. The molecule has 1 saturated heterocycles. The number of carbonyl (C=O) groups is 1. The topological polar surface area (TPSA) is 64.8 Å². The van der Waals surface area contributed by atoms with Gasteiger partial charge < -0.3 is 18.9 Å². The Labute approximate surface area is 162 Å². The van der Waals surface area contributed by atoms with Crippen molar-refractivity contribution < 1.29 is 18.8 Å². The molecular formula is C22H20N2O4. The van der Waals surface area contributed by atoms with Crippen LogP contribution in [0.4, 0.5) is 0 Å². The summed E-state index contributed by atoms with van der Waals surface area (Å²) in [6, 6.07) is 15.7. The molecule has 28 heavy (non-hydrogen) atoms. The summed E-state index contributed by atoms with van der Waals surface area (Å²) in [5, 5.41) is 4.04. The van der Waals surface area contributed by atoms with Crippen molar-refractivity contribution in [2.45, 2.75) is 25.8 Å². The zero-order chi connectivity index (χ0) is 19.1. The normalized spacial score (nSPS) is 17.9. The van der Waals surface area contributed by atoms with E-state index in [1.807, 2.05) is 29.2 Å². The highest BCUT2D eigenvalue weighted by molar-refractivity contribution is 5.93. The van der Waals surface area contributed by atoms with E-state index in [1.54, 1.807) is 6.07 Å². The van der Waals surface area contributed by atoms with Gasteiger partial charge in [-0.15, -0.1) is 0 Å². The van der Waals surface area contributed by atoms with Crippen molar-refractivity contribution in [3.63, 3.8) is 0 Å². The molecule has 1 amide bonds. The fourth-order valence-corrected chi connectivity index (χ4v) is 3.94. The van der Waals surface area contributed by atoms with E-state index in [9.17, 15) is 4.79 Å². The van der Waals surface area contributed by atoms with E-state index >= 15 is 0 Å². The van der Waals surface area contributed by atoms with Crippen molar-refractivity contribution in [1.82, 2.24) is 10.1 Å². The second kappa shape index (κ2) is 6.71. The van der Waals surface area contributed by atoms with Crippen LogP contribution in [-0.4, -0.2) is 29.3 Å². The molecule has 0 saturated carbocycles. The summed E-state index contributed by atoms with van der Waals surface area (Å²) in [6.07, 6.45) is 1.94. The Kier molecular flexibility index (Phi) is 4.04. The number of ether oxygens (including phenoxy) is 2. The first kappa shape index (κ1) is 16.9. The van der Waals surface area contributed by atoms with E-state index < -0.39 is 0 Å². The first-order valence-electron chi connectivity index (χ1n) is 9.43. The average Bonchev–Trinajstić information content (AvgIpc) is 3.47. The number of aromatic nitrogens is 1. The molecule has 3 aromatic rings. The maximum Gasteiger partial charge on any atom is 0.276 e. The lowest BCUT2D eigenvalue weighted by Gasteiger charge is -2.24. The van der Waals surface area contributed by atoms with Crippen LogP contribution in [0.5, 0.6) is 11.5 Å².